The molecule has 0 radical (unpaired) electrons. The molecule has 640 valence electrons. The van der Waals surface area contributed by atoms with Crippen molar-refractivity contribution in [3.05, 3.63) is 277 Å². The molecule has 22 heterocycles. The number of nitrogens with zero attached hydrogens (tertiary/aromatic N) is 34. The van der Waals surface area contributed by atoms with Gasteiger partial charge in [-0.1, -0.05) is 158 Å². The molecule has 0 fully saturated rings. The molecule has 0 atom stereocenters. The van der Waals surface area contributed by atoms with Crippen LogP contribution in [-0.4, -0.2) is 212 Å². The lowest BCUT2D eigenvalue weighted by Crippen LogP contribution is -2.16. The Kier molecular flexibility index (Phi) is 18.8. The minimum atomic E-state index is 0.211. The normalized spacial score (nSPS) is 12.2. The first kappa shape index (κ1) is 77.7. The molecule has 12 aromatic heterocycles. The second kappa shape index (κ2) is 32.9. The fraction of sp³-hybridized carbons (Fsp3) is 0. The number of rotatable bonds is 0. The van der Waals surface area contributed by atoms with Crippen LogP contribution in [0.5, 0.6) is 0 Å². The van der Waals surface area contributed by atoms with Gasteiger partial charge in [0, 0.05) is 102 Å². The molecule has 10 aliphatic rings. The van der Waals surface area contributed by atoms with Crippen molar-refractivity contribution < 1.29 is 0 Å². The summed E-state index contributed by atoms with van der Waals surface area (Å²) in [6.07, 6.45) is 27.1. The van der Waals surface area contributed by atoms with Crippen LogP contribution in [0.1, 0.15) is 23.3 Å². The number of hydrogen-bond donors (Lipinski definition) is 8. The summed E-state index contributed by atoms with van der Waals surface area (Å²) < 4.78 is 0. The minimum Gasteiger partial charge on any atom is -0.325 e. The Balaban J connectivity index is 0.0000000965. The lowest BCUT2D eigenvalue weighted by molar-refractivity contribution is 1.01. The van der Waals surface area contributed by atoms with Gasteiger partial charge >= 0.3 is 0 Å². The number of H-pyrrole nitrogens is 8. The van der Waals surface area contributed by atoms with Crippen molar-refractivity contribution in [1.82, 2.24) is 199 Å². The fourth-order valence-corrected chi connectivity index (χ4v) is 15.6. The van der Waals surface area contributed by atoms with Crippen molar-refractivity contribution >= 4 is 139 Å². The molecule has 18 aromatic rings. The highest BCUT2D eigenvalue weighted by Gasteiger charge is 2.26. The molecule has 42 nitrogen and oxygen atoms in total. The monoisotopic (exact) mass is 1770 g/mol. The quantitative estimate of drug-likeness (QED) is 0.0699. The van der Waals surface area contributed by atoms with Crippen molar-refractivity contribution in [3.8, 4) is 137 Å². The van der Waals surface area contributed by atoms with Crippen LogP contribution in [0.15, 0.2) is 242 Å². The molecule has 0 saturated carbocycles. The van der Waals surface area contributed by atoms with Gasteiger partial charge in [-0.25, -0.2) is 79.7 Å². The summed E-state index contributed by atoms with van der Waals surface area (Å²) in [7, 11) is 0. The van der Waals surface area contributed by atoms with Gasteiger partial charge < -0.3 is 39.9 Å². The molecule has 136 heavy (non-hydrogen) atoms. The molecule has 0 unspecified atom stereocenters. The molecule has 10 aliphatic heterocycles. The van der Waals surface area contributed by atoms with Gasteiger partial charge in [-0.3, -0.25) is 20.0 Å². The largest absolute Gasteiger partial charge is 0.325 e. The van der Waals surface area contributed by atoms with E-state index in [9.17, 15) is 0 Å². The first-order valence-electron chi connectivity index (χ1n) is 41.9. The Morgan fingerprint density at radius 2 is 0.515 bits per heavy atom. The molecule has 8 N–H and O–H groups in total. The van der Waals surface area contributed by atoms with Gasteiger partial charge in [-0.05, 0) is 60.7 Å². The third-order valence-corrected chi connectivity index (χ3v) is 21.6. The van der Waals surface area contributed by atoms with E-state index in [1.807, 2.05) is 206 Å². The molecule has 32 bridgehead atoms. The summed E-state index contributed by atoms with van der Waals surface area (Å²) in [4.78, 5) is 180. The van der Waals surface area contributed by atoms with E-state index in [1.54, 1.807) is 61.7 Å². The van der Waals surface area contributed by atoms with Crippen LogP contribution in [-0.2, 0) is 0 Å². The van der Waals surface area contributed by atoms with Crippen LogP contribution >= 0.6 is 0 Å². The van der Waals surface area contributed by atoms with E-state index >= 15 is 0 Å². The zero-order valence-corrected chi connectivity index (χ0v) is 69.8. The highest BCUT2D eigenvalue weighted by Crippen LogP contribution is 2.38. The van der Waals surface area contributed by atoms with Crippen LogP contribution in [0.4, 0.5) is 0 Å². The molecule has 0 amide bonds. The van der Waals surface area contributed by atoms with Gasteiger partial charge in [0.25, 0.3) is 34.7 Å². The Morgan fingerprint density at radius 1 is 0.199 bits per heavy atom. The van der Waals surface area contributed by atoms with E-state index in [0.717, 1.165) is 77.2 Å². The average Bonchev–Trinajstić information content (AvgIpc) is 1.64. The number of nitrogens with one attached hydrogen (secondary N) is 8. The number of aromatic amines is 8. The molecule has 0 spiro atoms. The Morgan fingerprint density at radius 3 is 0.919 bits per heavy atom. The zero-order chi connectivity index (χ0) is 89.9. The second-order valence-corrected chi connectivity index (χ2v) is 30.2. The maximum atomic E-state index is 4.72. The first-order chi connectivity index (χ1) is 67.2. The Labute approximate surface area is 758 Å². The van der Waals surface area contributed by atoms with Gasteiger partial charge in [0.15, 0.2) is 80.9 Å². The minimum absolute atomic E-state index is 0.211. The standard InChI is InChI=1S/3C24H14N10.C22H12N12/c1-7-15-27-17(9-1)31-23-19-14(6-4-11-25-19)22(34-23)30-16-8-2-10-18(28-16)32-24-20-13(5-3-12-26-20)21(29-15)33-24;1-3-7-15-13(5-1)19-27-17-9-11-26-24(29-17)34-22-16-8-4-2-6-14(16)20(32-22)28-18-10-12-25-23(30-18)33-21(15)31-19;1-2-6-14-13(5-1)21-29-17-9-25-11-19(27-17)31-23-15-7-3-4-8-16(15)24(34-23)32-20-12-26-10-18(28-20)30-22(14)33-21;1-2-6-12-11(5-1)15-27-16(12)30-20-24-10-26-22(34-20)32-18-14-8-4-3-7-13(14)17(28-18)31-21-25-9-23-19(29-15)33-21/h1-12H,(H2,27,28,29,30,31,32,33,34);1-12H,(H2,25,26,27,28,29,30,31,32,33,34);1-12H,(H2,27,28,29,30,31,32,33,34);1-10H,(H2,23,24,25,26,27,28,29,30,31,32,33,34). The van der Waals surface area contributed by atoms with E-state index in [4.69, 9.17) is 49.8 Å². The van der Waals surface area contributed by atoms with Crippen molar-refractivity contribution in [2.75, 3.05) is 0 Å². The third kappa shape index (κ3) is 15.2. The summed E-state index contributed by atoms with van der Waals surface area (Å²) >= 11 is 0. The van der Waals surface area contributed by atoms with E-state index in [-0.39, 0.29) is 34.7 Å². The smallest absolute Gasteiger partial charge is 0.256 e. The van der Waals surface area contributed by atoms with E-state index in [1.165, 1.54) is 12.7 Å². The van der Waals surface area contributed by atoms with Gasteiger partial charge in [-0.15, -0.1) is 0 Å². The summed E-state index contributed by atoms with van der Waals surface area (Å²) in [5.74, 6) is 10.0. The Hall–Kier alpha value is -20.6. The van der Waals surface area contributed by atoms with Crippen LogP contribution < -0.4 is 21.9 Å². The van der Waals surface area contributed by atoms with Gasteiger partial charge in [0.1, 0.15) is 92.2 Å². The van der Waals surface area contributed by atoms with E-state index < -0.39 is 0 Å². The van der Waals surface area contributed by atoms with Crippen molar-refractivity contribution in [2.45, 2.75) is 0 Å². The molecule has 0 saturated heterocycles. The average molecular weight is 1770 g/mol. The maximum Gasteiger partial charge on any atom is 0.256 e. The third-order valence-electron chi connectivity index (χ3n) is 21.6. The number of aromatic nitrogens is 40. The predicted molar refractivity (Wildman–Crippen MR) is 503 cm³/mol. The van der Waals surface area contributed by atoms with Crippen molar-refractivity contribution in [2.24, 2.45) is 9.98 Å². The highest BCUT2D eigenvalue weighted by molar-refractivity contribution is 6.06. The predicted octanol–water partition coefficient (Wildman–Crippen LogP) is 10.3. The van der Waals surface area contributed by atoms with Crippen LogP contribution in [0.2, 0.25) is 0 Å². The van der Waals surface area contributed by atoms with E-state index in [2.05, 4.69) is 160 Å². The topological polar surface area (TPSA) is 564 Å². The lowest BCUT2D eigenvalue weighted by Gasteiger charge is -1.99. The summed E-state index contributed by atoms with van der Waals surface area (Å²) in [5.41, 5.74) is 15.5. The van der Waals surface area contributed by atoms with Crippen LogP contribution in [0.25, 0.3) is 264 Å². The van der Waals surface area contributed by atoms with Crippen LogP contribution in [0, 0.1) is 0 Å². The first-order valence-corrected chi connectivity index (χ1v) is 41.9. The van der Waals surface area contributed by atoms with Gasteiger partial charge in [0.2, 0.25) is 0 Å². The zero-order valence-electron chi connectivity index (χ0n) is 69.8. The number of benzene rings is 6. The molecule has 0 aliphatic carbocycles. The summed E-state index contributed by atoms with van der Waals surface area (Å²) in [5, 5.41) is 3.40. The van der Waals surface area contributed by atoms with Crippen molar-refractivity contribution in [3.63, 3.8) is 0 Å². The number of hydrogen-bond acceptors (Lipinski definition) is 34. The number of aliphatic imine (C=N–C) groups is 2. The number of pyridine rings is 2. The molecular weight excluding hydrogens is 1720 g/mol. The maximum absolute atomic E-state index is 4.72. The SMILES string of the molecule is C1=Cc2nc3nc(nc4[nH]c(nc5nc(nc([nH]2)=C1)-c1ncccc1-5)C=CC=4)-c1ncccc1-3.C1=NC=c2nc3nc(nc4[nH]c(nc5nc(nc1[nH]2)-c1ccccc1-5)=CN=C4)-c1ccccc1-3.c1ccc2c(c1)-c1nc-2[nH]c2ccnc(nc3nc([nH]c4ccnc(n1)n4)-c1ccccc1-3)n2.c1ccc2c3nc4ncnc(n4)nc4[nH]c(nc5ncnc(n5)nc([nH]3)c2c1)c1ccccc41. The lowest BCUT2D eigenvalue weighted by atomic mass is 10.1. The number of fused-ring (bicyclic) bond motifs is 56. The van der Waals surface area contributed by atoms with Crippen LogP contribution in [0.3, 0.4) is 0 Å². The number of allylic oxidation sites excluding steroid dienone is 2. The summed E-state index contributed by atoms with van der Waals surface area (Å²) in [6.45, 7) is 0. The van der Waals surface area contributed by atoms with Crippen molar-refractivity contribution in [1.29, 1.82) is 0 Å². The molecule has 42 heteroatoms. The van der Waals surface area contributed by atoms with Gasteiger partial charge in [0.05, 0.1) is 24.8 Å². The molecule has 6 aromatic carbocycles. The molecular formula is C94H54N42. The van der Waals surface area contributed by atoms with Gasteiger partial charge in [-0.2, -0.15) is 69.8 Å². The highest BCUT2D eigenvalue weighted by atomic mass is 15.2. The summed E-state index contributed by atoms with van der Waals surface area (Å²) in [6, 6.07) is 57.8. The Bertz CT molecular complexity index is 8430. The molecule has 28 rings (SSSR count). The fourth-order valence-electron chi connectivity index (χ4n) is 15.6. The second-order valence-electron chi connectivity index (χ2n) is 30.2. The van der Waals surface area contributed by atoms with E-state index in [0.29, 0.717) is 160 Å².